The fraction of sp³-hybridized carbons (Fsp3) is 0.486. The first-order chi connectivity index (χ1) is 25.6. The van der Waals surface area contributed by atoms with Crippen LogP contribution in [0.5, 0.6) is 5.75 Å². The van der Waals surface area contributed by atoms with Gasteiger partial charge in [-0.2, -0.15) is 0 Å². The normalized spacial score (nSPS) is 24.6. The number of rotatable bonds is 9. The van der Waals surface area contributed by atoms with Crippen molar-refractivity contribution >= 4 is 58.4 Å². The molecule has 2 saturated carbocycles. The fourth-order valence-corrected chi connectivity index (χ4v) is 7.83. The number of aromatic hydroxyl groups is 1. The lowest BCUT2D eigenvalue weighted by atomic mass is 9.52. The number of nitrogens with zero attached hydrogens (tertiary/aromatic N) is 4. The van der Waals surface area contributed by atoms with E-state index in [0.717, 1.165) is 4.90 Å². The zero-order valence-corrected chi connectivity index (χ0v) is 31.4. The number of primary amides is 1. The SMILES string of the molecule is CN(C)c1cc(NC(=O)CN(C(=O)OCOC(=O)c2cccnc2)C(C)(C)C)c(O)c2c1C[C@H]1C[C@H]3[C@H](N(C)C)C(=O)C(C(N)=O)C(=O)[C@@]3(O)C(=O)C1C2=O. The Morgan fingerprint density at radius 3 is 2.29 bits per heavy atom. The number of pyridine rings is 1. The third-order valence-corrected chi connectivity index (χ3v) is 10.4. The summed E-state index contributed by atoms with van der Waals surface area (Å²) in [5, 5.41) is 25.9. The number of Topliss-reactive ketones (excluding diaryl/α,β-unsaturated/α-hetero) is 4. The second-order valence-electron chi connectivity index (χ2n) is 15.3. The molecule has 1 heterocycles. The van der Waals surface area contributed by atoms with Crippen LogP contribution in [0, 0.1) is 23.7 Å². The molecule has 18 nitrogen and oxygen atoms in total. The number of ether oxygens (including phenoxy) is 2. The van der Waals surface area contributed by atoms with Crippen LogP contribution in [-0.4, -0.2) is 131 Å². The summed E-state index contributed by atoms with van der Waals surface area (Å²) in [5.41, 5.74) is 1.77. The largest absolute Gasteiger partial charge is 0.505 e. The van der Waals surface area contributed by atoms with Gasteiger partial charge in [-0.1, -0.05) is 0 Å². The molecule has 6 atom stereocenters. The third kappa shape index (κ3) is 7.14. The molecule has 0 radical (unpaired) electrons. The van der Waals surface area contributed by atoms with Crippen LogP contribution in [0.25, 0.3) is 0 Å². The number of carbonyl (C=O) groups excluding carboxylic acids is 8. The average molecular weight is 765 g/mol. The number of fused-ring (bicyclic) bond motifs is 3. The van der Waals surface area contributed by atoms with Crippen molar-refractivity contribution in [2.45, 2.75) is 50.8 Å². The van der Waals surface area contributed by atoms with Gasteiger partial charge in [0.15, 0.2) is 34.7 Å². The number of esters is 1. The van der Waals surface area contributed by atoms with Crippen molar-refractivity contribution in [1.82, 2.24) is 14.8 Å². The second-order valence-corrected chi connectivity index (χ2v) is 15.3. The molecule has 0 bridgehead atoms. The van der Waals surface area contributed by atoms with Crippen LogP contribution in [-0.2, 0) is 39.9 Å². The van der Waals surface area contributed by atoms with Gasteiger partial charge in [-0.15, -0.1) is 0 Å². The standard InChI is InChI=1S/C37H44N6O12/c1-36(2,3)43(35(52)55-16-54-34(51)17-9-8-10-39-14-17)15-23(44)40-21-13-22(41(4)5)19-11-18-12-20-27(42(6)7)30(47)26(33(38)50)32(49)37(20,53)31(48)24(18)29(46)25(19)28(21)45/h8-10,13-14,18,20,24,26-27,45,53H,11-12,15-16H2,1-7H3,(H2,38,50)(H,40,44)/t18-,20-,24?,26?,27-,37-/m0/s1. The van der Waals surface area contributed by atoms with Crippen molar-refractivity contribution < 1.29 is 58.0 Å². The molecule has 18 heteroatoms. The van der Waals surface area contributed by atoms with Gasteiger partial charge in [0.05, 0.1) is 28.8 Å². The predicted octanol–water partition coefficient (Wildman–Crippen LogP) is 0.318. The minimum Gasteiger partial charge on any atom is -0.505 e. The van der Waals surface area contributed by atoms with Crippen molar-refractivity contribution in [2.24, 2.45) is 29.4 Å². The van der Waals surface area contributed by atoms with Gasteiger partial charge in [0.1, 0.15) is 12.3 Å². The molecule has 2 unspecified atom stereocenters. The van der Waals surface area contributed by atoms with Gasteiger partial charge in [0, 0.05) is 43.6 Å². The number of nitrogens with two attached hydrogens (primary N) is 1. The first-order valence-electron chi connectivity index (χ1n) is 17.3. The van der Waals surface area contributed by atoms with Crippen LogP contribution in [0.3, 0.4) is 0 Å². The van der Waals surface area contributed by atoms with Gasteiger partial charge in [-0.3, -0.25) is 43.6 Å². The van der Waals surface area contributed by atoms with Crippen LogP contribution in [0.2, 0.25) is 0 Å². The second kappa shape index (κ2) is 14.8. The van der Waals surface area contributed by atoms with E-state index in [1.165, 1.54) is 49.6 Å². The molecule has 5 N–H and O–H groups in total. The highest BCUT2D eigenvalue weighted by molar-refractivity contribution is 6.32. The first kappa shape index (κ1) is 40.4. The third-order valence-electron chi connectivity index (χ3n) is 10.4. The van der Waals surface area contributed by atoms with Gasteiger partial charge in [-0.05, 0) is 77.4 Å². The number of carbonyl (C=O) groups is 8. The summed E-state index contributed by atoms with van der Waals surface area (Å²) in [4.78, 5) is 114. The van der Waals surface area contributed by atoms with E-state index in [2.05, 4.69) is 10.3 Å². The number of nitrogens with one attached hydrogen (secondary N) is 1. The Bertz CT molecular complexity index is 1980. The average Bonchev–Trinajstić information content (AvgIpc) is 3.09. The molecule has 55 heavy (non-hydrogen) atoms. The van der Waals surface area contributed by atoms with Crippen molar-refractivity contribution in [1.29, 1.82) is 0 Å². The molecule has 294 valence electrons. The number of phenolic OH excluding ortho intramolecular Hbond substituents is 1. The Balaban J connectivity index is 1.42. The summed E-state index contributed by atoms with van der Waals surface area (Å²) in [7, 11) is 6.31. The number of likely N-dealkylation sites (N-methyl/N-ethyl adjacent to an activating group) is 1. The van der Waals surface area contributed by atoms with Gasteiger partial charge < -0.3 is 35.6 Å². The van der Waals surface area contributed by atoms with E-state index in [-0.39, 0.29) is 29.7 Å². The highest BCUT2D eigenvalue weighted by Gasteiger charge is 2.69. The summed E-state index contributed by atoms with van der Waals surface area (Å²) in [6.07, 6.45) is 1.61. The Morgan fingerprint density at radius 2 is 1.73 bits per heavy atom. The Labute approximate surface area is 315 Å². The summed E-state index contributed by atoms with van der Waals surface area (Å²) >= 11 is 0. The van der Waals surface area contributed by atoms with Gasteiger partial charge >= 0.3 is 12.1 Å². The lowest BCUT2D eigenvalue weighted by Gasteiger charge is -2.52. The molecule has 1 aromatic carbocycles. The number of phenols is 1. The van der Waals surface area contributed by atoms with E-state index < -0.39 is 107 Å². The molecule has 3 amide bonds. The molecule has 3 aliphatic carbocycles. The van der Waals surface area contributed by atoms with E-state index in [0.29, 0.717) is 11.3 Å². The van der Waals surface area contributed by atoms with Crippen molar-refractivity contribution in [3.05, 3.63) is 47.3 Å². The monoisotopic (exact) mass is 764 g/mol. The zero-order valence-electron chi connectivity index (χ0n) is 31.4. The number of anilines is 2. The smallest absolute Gasteiger partial charge is 0.413 e. The van der Waals surface area contributed by atoms with E-state index in [4.69, 9.17) is 15.2 Å². The maximum atomic E-state index is 14.3. The molecule has 5 rings (SSSR count). The van der Waals surface area contributed by atoms with E-state index in [1.54, 1.807) is 39.8 Å². The fourth-order valence-electron chi connectivity index (χ4n) is 7.83. The number of amides is 3. The lowest BCUT2D eigenvalue weighted by molar-refractivity contribution is -0.181. The summed E-state index contributed by atoms with van der Waals surface area (Å²) in [6.45, 7) is 3.49. The maximum Gasteiger partial charge on any atom is 0.413 e. The molecule has 0 aliphatic heterocycles. The number of ketones is 4. The van der Waals surface area contributed by atoms with Crippen molar-refractivity contribution in [2.75, 3.05) is 51.7 Å². The predicted molar refractivity (Wildman–Crippen MR) is 192 cm³/mol. The zero-order chi connectivity index (χ0) is 40.9. The van der Waals surface area contributed by atoms with Crippen LogP contribution < -0.4 is 16.0 Å². The van der Waals surface area contributed by atoms with Crippen molar-refractivity contribution in [3.8, 4) is 5.75 Å². The summed E-state index contributed by atoms with van der Waals surface area (Å²) in [5.74, 6) is -13.9. The lowest BCUT2D eigenvalue weighted by Crippen LogP contribution is -2.74. The highest BCUT2D eigenvalue weighted by atomic mass is 16.7. The maximum absolute atomic E-state index is 14.3. The van der Waals surface area contributed by atoms with Crippen LogP contribution >= 0.6 is 0 Å². The van der Waals surface area contributed by atoms with Gasteiger partial charge in [0.2, 0.25) is 18.6 Å². The Kier molecular flexibility index (Phi) is 10.9. The number of aromatic nitrogens is 1. The van der Waals surface area contributed by atoms with Crippen LogP contribution in [0.1, 0.15) is 53.5 Å². The Morgan fingerprint density at radius 1 is 1.05 bits per heavy atom. The minimum absolute atomic E-state index is 0.0101. The Hall–Kier alpha value is -5.75. The topological polar surface area (TPSA) is 256 Å². The number of aliphatic hydroxyl groups is 1. The van der Waals surface area contributed by atoms with E-state index in [9.17, 15) is 48.6 Å². The minimum atomic E-state index is -2.90. The van der Waals surface area contributed by atoms with Crippen LogP contribution in [0.4, 0.5) is 16.2 Å². The molecule has 0 saturated heterocycles. The molecule has 3 aliphatic rings. The number of hydrogen-bond acceptors (Lipinski definition) is 15. The van der Waals surface area contributed by atoms with Crippen molar-refractivity contribution in [3.63, 3.8) is 0 Å². The summed E-state index contributed by atoms with van der Waals surface area (Å²) < 4.78 is 10.1. The highest BCUT2D eigenvalue weighted by Crippen LogP contribution is 2.52. The first-order valence-corrected chi connectivity index (χ1v) is 17.3. The quantitative estimate of drug-likeness (QED) is 0.116. The van der Waals surface area contributed by atoms with Crippen LogP contribution in [0.15, 0.2) is 30.6 Å². The van der Waals surface area contributed by atoms with E-state index in [1.807, 2.05) is 0 Å². The van der Waals surface area contributed by atoms with Gasteiger partial charge in [-0.25, -0.2) is 9.59 Å². The van der Waals surface area contributed by atoms with E-state index >= 15 is 0 Å². The molecular weight excluding hydrogens is 720 g/mol. The molecule has 2 fully saturated rings. The molecule has 1 aromatic heterocycles. The summed E-state index contributed by atoms with van der Waals surface area (Å²) in [6, 6.07) is 3.16. The molecule has 2 aromatic rings. The number of benzene rings is 1. The molecule has 0 spiro atoms. The molecular formula is C37H44N6O12. The number of hydrogen-bond donors (Lipinski definition) is 4. The van der Waals surface area contributed by atoms with Gasteiger partial charge in [0.25, 0.3) is 0 Å².